The summed E-state index contributed by atoms with van der Waals surface area (Å²) in [5.41, 5.74) is 7.40. The minimum Gasteiger partial charge on any atom is -0.330 e. The molecule has 0 aliphatic rings. The highest BCUT2D eigenvalue weighted by Crippen LogP contribution is 2.12. The SMILES string of the molecule is CN(C)Cc1cccc(NC(=O)CCCN)c1.Cl.Cl. The van der Waals surface area contributed by atoms with Gasteiger partial charge in [-0.1, -0.05) is 12.1 Å². The van der Waals surface area contributed by atoms with E-state index < -0.39 is 0 Å². The fourth-order valence-electron chi connectivity index (χ4n) is 1.60. The van der Waals surface area contributed by atoms with E-state index in [1.54, 1.807) is 0 Å². The number of halogens is 2. The fourth-order valence-corrected chi connectivity index (χ4v) is 1.60. The predicted molar refractivity (Wildman–Crippen MR) is 85.2 cm³/mol. The number of nitrogens with two attached hydrogens (primary N) is 1. The number of hydrogen-bond donors (Lipinski definition) is 2. The third-order valence-corrected chi connectivity index (χ3v) is 2.32. The van der Waals surface area contributed by atoms with Crippen molar-refractivity contribution in [3.05, 3.63) is 29.8 Å². The molecule has 0 fully saturated rings. The topological polar surface area (TPSA) is 58.4 Å². The average molecular weight is 308 g/mol. The Bertz CT molecular complexity index is 373. The molecule has 19 heavy (non-hydrogen) atoms. The van der Waals surface area contributed by atoms with Crippen molar-refractivity contribution in [2.24, 2.45) is 5.73 Å². The van der Waals surface area contributed by atoms with Gasteiger partial charge in [-0.05, 0) is 44.8 Å². The number of anilines is 1. The maximum atomic E-state index is 11.5. The quantitative estimate of drug-likeness (QED) is 0.847. The predicted octanol–water partition coefficient (Wildman–Crippen LogP) is 2.27. The molecule has 1 rings (SSSR count). The van der Waals surface area contributed by atoms with Crippen molar-refractivity contribution in [3.8, 4) is 0 Å². The number of hydrogen-bond acceptors (Lipinski definition) is 3. The zero-order chi connectivity index (χ0) is 12.7. The molecule has 1 aromatic rings. The van der Waals surface area contributed by atoms with Gasteiger partial charge in [0, 0.05) is 18.7 Å². The zero-order valence-corrected chi connectivity index (χ0v) is 13.0. The molecular weight excluding hydrogens is 285 g/mol. The lowest BCUT2D eigenvalue weighted by atomic mass is 10.2. The summed E-state index contributed by atoms with van der Waals surface area (Å²) in [5.74, 6) is 0.0254. The highest BCUT2D eigenvalue weighted by atomic mass is 35.5. The first-order valence-corrected chi connectivity index (χ1v) is 5.85. The minimum atomic E-state index is 0. The Morgan fingerprint density at radius 3 is 2.58 bits per heavy atom. The molecule has 0 saturated carbocycles. The summed E-state index contributed by atoms with van der Waals surface area (Å²) >= 11 is 0. The van der Waals surface area contributed by atoms with Crippen LogP contribution < -0.4 is 11.1 Å². The molecule has 0 aliphatic heterocycles. The molecule has 3 N–H and O–H groups in total. The van der Waals surface area contributed by atoms with Crippen molar-refractivity contribution in [2.45, 2.75) is 19.4 Å². The zero-order valence-electron chi connectivity index (χ0n) is 11.4. The second-order valence-corrected chi connectivity index (χ2v) is 4.38. The molecule has 0 atom stereocenters. The first kappa shape index (κ1) is 20.5. The van der Waals surface area contributed by atoms with Gasteiger partial charge in [-0.15, -0.1) is 24.8 Å². The van der Waals surface area contributed by atoms with Gasteiger partial charge in [0.25, 0.3) is 0 Å². The van der Waals surface area contributed by atoms with Gasteiger partial charge >= 0.3 is 0 Å². The van der Waals surface area contributed by atoms with Crippen LogP contribution in [0.15, 0.2) is 24.3 Å². The Morgan fingerprint density at radius 2 is 2.00 bits per heavy atom. The number of nitrogens with one attached hydrogen (secondary N) is 1. The van der Waals surface area contributed by atoms with Gasteiger partial charge in [0.2, 0.25) is 5.91 Å². The molecule has 110 valence electrons. The number of nitrogens with zero attached hydrogens (tertiary/aromatic N) is 1. The third kappa shape index (κ3) is 8.83. The second kappa shape index (κ2) is 11.1. The third-order valence-electron chi connectivity index (χ3n) is 2.32. The first-order valence-electron chi connectivity index (χ1n) is 5.85. The van der Waals surface area contributed by atoms with Crippen LogP contribution >= 0.6 is 24.8 Å². The smallest absolute Gasteiger partial charge is 0.224 e. The molecule has 0 unspecified atom stereocenters. The molecule has 0 bridgehead atoms. The van der Waals surface area contributed by atoms with Crippen molar-refractivity contribution in [1.82, 2.24) is 4.90 Å². The van der Waals surface area contributed by atoms with Gasteiger partial charge < -0.3 is 16.0 Å². The van der Waals surface area contributed by atoms with E-state index in [0.717, 1.165) is 18.7 Å². The largest absolute Gasteiger partial charge is 0.330 e. The molecule has 0 radical (unpaired) electrons. The number of carbonyl (C=O) groups is 1. The Labute approximate surface area is 127 Å². The maximum Gasteiger partial charge on any atom is 0.224 e. The Hall–Kier alpha value is -0.810. The van der Waals surface area contributed by atoms with Gasteiger partial charge in [-0.2, -0.15) is 0 Å². The summed E-state index contributed by atoms with van der Waals surface area (Å²) in [6.45, 7) is 1.42. The summed E-state index contributed by atoms with van der Waals surface area (Å²) in [7, 11) is 4.04. The van der Waals surface area contributed by atoms with E-state index in [9.17, 15) is 4.79 Å². The molecule has 0 aromatic heterocycles. The van der Waals surface area contributed by atoms with Gasteiger partial charge in [-0.25, -0.2) is 0 Å². The highest BCUT2D eigenvalue weighted by Gasteiger charge is 2.02. The van der Waals surface area contributed by atoms with Crippen LogP contribution in [0, 0.1) is 0 Å². The van der Waals surface area contributed by atoms with Crippen LogP contribution in [0.4, 0.5) is 5.69 Å². The van der Waals surface area contributed by atoms with Gasteiger partial charge in [-0.3, -0.25) is 4.79 Å². The Kier molecular flexibility index (Phi) is 11.9. The van der Waals surface area contributed by atoms with E-state index in [0.29, 0.717) is 13.0 Å². The number of carbonyl (C=O) groups excluding carboxylic acids is 1. The van der Waals surface area contributed by atoms with Crippen LogP contribution in [0.25, 0.3) is 0 Å². The van der Waals surface area contributed by atoms with Crippen LogP contribution in [0.2, 0.25) is 0 Å². The van der Waals surface area contributed by atoms with Gasteiger partial charge in [0.05, 0.1) is 0 Å². The fraction of sp³-hybridized carbons (Fsp3) is 0.462. The lowest BCUT2D eigenvalue weighted by molar-refractivity contribution is -0.116. The van der Waals surface area contributed by atoms with E-state index in [1.807, 2.05) is 32.3 Å². The van der Waals surface area contributed by atoms with E-state index in [2.05, 4.69) is 16.3 Å². The normalized spacial score (nSPS) is 9.47. The lowest BCUT2D eigenvalue weighted by Crippen LogP contribution is -2.14. The second-order valence-electron chi connectivity index (χ2n) is 4.38. The summed E-state index contributed by atoms with van der Waals surface area (Å²) in [5, 5.41) is 2.88. The van der Waals surface area contributed by atoms with Crippen LogP contribution in [-0.2, 0) is 11.3 Å². The molecular formula is C13H23Cl2N3O. The average Bonchev–Trinajstić information content (AvgIpc) is 2.26. The van der Waals surface area contributed by atoms with E-state index >= 15 is 0 Å². The standard InChI is InChI=1S/C13H21N3O.2ClH/c1-16(2)10-11-5-3-6-12(9-11)15-13(17)7-4-8-14;;/h3,5-6,9H,4,7-8,10,14H2,1-2H3,(H,15,17);2*1H. The molecule has 6 heteroatoms. The molecule has 1 amide bonds. The minimum absolute atomic E-state index is 0. The number of benzene rings is 1. The Morgan fingerprint density at radius 1 is 1.32 bits per heavy atom. The van der Waals surface area contributed by atoms with E-state index in [1.165, 1.54) is 5.56 Å². The number of rotatable bonds is 6. The molecule has 1 aromatic carbocycles. The molecule has 0 heterocycles. The number of amides is 1. The molecule has 4 nitrogen and oxygen atoms in total. The molecule has 0 spiro atoms. The maximum absolute atomic E-state index is 11.5. The van der Waals surface area contributed by atoms with Crippen LogP contribution in [-0.4, -0.2) is 31.4 Å². The summed E-state index contributed by atoms with van der Waals surface area (Å²) in [6.07, 6.45) is 1.21. The summed E-state index contributed by atoms with van der Waals surface area (Å²) < 4.78 is 0. The van der Waals surface area contributed by atoms with Crippen LogP contribution in [0.3, 0.4) is 0 Å². The van der Waals surface area contributed by atoms with Crippen molar-refractivity contribution < 1.29 is 4.79 Å². The Balaban J connectivity index is 0. The molecule has 0 saturated heterocycles. The van der Waals surface area contributed by atoms with Crippen molar-refractivity contribution in [3.63, 3.8) is 0 Å². The van der Waals surface area contributed by atoms with Gasteiger partial charge in [0.1, 0.15) is 0 Å². The van der Waals surface area contributed by atoms with Crippen molar-refractivity contribution in [1.29, 1.82) is 0 Å². The van der Waals surface area contributed by atoms with Crippen LogP contribution in [0.1, 0.15) is 18.4 Å². The monoisotopic (exact) mass is 307 g/mol. The summed E-state index contributed by atoms with van der Waals surface area (Å²) in [6, 6.07) is 7.91. The first-order chi connectivity index (χ1) is 8.11. The van der Waals surface area contributed by atoms with Gasteiger partial charge in [0.15, 0.2) is 0 Å². The van der Waals surface area contributed by atoms with E-state index in [-0.39, 0.29) is 30.7 Å². The summed E-state index contributed by atoms with van der Waals surface area (Å²) in [4.78, 5) is 13.6. The molecule has 0 aliphatic carbocycles. The highest BCUT2D eigenvalue weighted by molar-refractivity contribution is 5.90. The van der Waals surface area contributed by atoms with Crippen LogP contribution in [0.5, 0.6) is 0 Å². The van der Waals surface area contributed by atoms with Crippen molar-refractivity contribution >= 4 is 36.4 Å². The van der Waals surface area contributed by atoms with Crippen molar-refractivity contribution in [2.75, 3.05) is 26.0 Å². The van der Waals surface area contributed by atoms with E-state index in [4.69, 9.17) is 5.73 Å². The lowest BCUT2D eigenvalue weighted by Gasteiger charge is -2.11.